The third-order valence-corrected chi connectivity index (χ3v) is 6.56. The number of H-pyrrole nitrogens is 1. The van der Waals surface area contributed by atoms with Crippen molar-refractivity contribution < 1.29 is 30.3 Å². The number of carboxylic acid groups (broad SMARTS) is 1. The highest BCUT2D eigenvalue weighted by atomic mass is 16.4. The molecular weight excluding hydrogens is 508 g/mol. The number of aryl methyl sites for hydroxylation is 2. The number of aliphatic hydroxyl groups excluding tert-OH is 4. The number of aromatic amines is 1. The second-order valence-corrected chi connectivity index (χ2v) is 9.76. The van der Waals surface area contributed by atoms with Crippen LogP contribution in [0.5, 0.6) is 0 Å². The highest BCUT2D eigenvalue weighted by Crippen LogP contribution is 2.24. The van der Waals surface area contributed by atoms with Crippen LogP contribution in [0.4, 0.5) is 0 Å². The Kier molecular flexibility index (Phi) is 12.7. The lowest BCUT2D eigenvalue weighted by Gasteiger charge is -2.25. The van der Waals surface area contributed by atoms with Crippen molar-refractivity contribution in [1.29, 1.82) is 0 Å². The van der Waals surface area contributed by atoms with Gasteiger partial charge < -0.3 is 30.1 Å². The van der Waals surface area contributed by atoms with Gasteiger partial charge in [-0.25, -0.2) is 9.78 Å². The molecule has 39 heavy (non-hydrogen) atoms. The predicted molar refractivity (Wildman–Crippen MR) is 146 cm³/mol. The highest BCUT2D eigenvalue weighted by Gasteiger charge is 2.27. The van der Waals surface area contributed by atoms with Crippen molar-refractivity contribution in [2.24, 2.45) is 0 Å². The summed E-state index contributed by atoms with van der Waals surface area (Å²) in [6.07, 6.45) is 3.96. The normalized spacial score (nSPS) is 13.6. The molecule has 3 rings (SSSR count). The minimum Gasteiger partial charge on any atom is -0.481 e. The maximum atomic E-state index is 12.2. The van der Waals surface area contributed by atoms with Crippen LogP contribution in [-0.2, 0) is 11.3 Å². The number of hydrogen-bond acceptors (Lipinski definition) is 9. The van der Waals surface area contributed by atoms with E-state index >= 15 is 0 Å². The van der Waals surface area contributed by atoms with Gasteiger partial charge in [-0.2, -0.15) is 4.98 Å². The molecule has 2 heterocycles. The SMILES string of the molecule is CCCCCCCCCC(=O)O.Cc1cc2nc3c(=O)[nH]c(=O)nc-3n(C[C@H](O)[C@H](O)[C@H](O)CO)c2cc1C. The van der Waals surface area contributed by atoms with E-state index in [2.05, 4.69) is 21.9 Å². The molecule has 6 N–H and O–H groups in total. The lowest BCUT2D eigenvalue weighted by Crippen LogP contribution is -2.42. The molecule has 0 spiro atoms. The van der Waals surface area contributed by atoms with Crippen LogP contribution >= 0.6 is 0 Å². The first kappa shape index (κ1) is 32.0. The number of rotatable bonds is 13. The van der Waals surface area contributed by atoms with Crippen LogP contribution in [0.15, 0.2) is 21.7 Å². The van der Waals surface area contributed by atoms with Gasteiger partial charge >= 0.3 is 11.7 Å². The molecule has 0 aromatic heterocycles. The lowest BCUT2D eigenvalue weighted by molar-refractivity contribution is -0.137. The molecular formula is C27H40N4O8. The molecule has 0 amide bonds. The number of nitrogens with zero attached hydrogens (tertiary/aromatic N) is 3. The molecule has 3 atom stereocenters. The Hall–Kier alpha value is -3.19. The number of aromatic nitrogens is 4. The van der Waals surface area contributed by atoms with Crippen molar-refractivity contribution >= 4 is 17.0 Å². The smallest absolute Gasteiger partial charge is 0.349 e. The average molecular weight is 549 g/mol. The van der Waals surface area contributed by atoms with E-state index in [0.717, 1.165) is 24.0 Å². The first-order valence-electron chi connectivity index (χ1n) is 13.3. The molecule has 0 bridgehead atoms. The monoisotopic (exact) mass is 548 g/mol. The Morgan fingerprint density at radius 2 is 1.56 bits per heavy atom. The fraction of sp³-hybridized carbons (Fsp3) is 0.593. The number of hydrogen-bond donors (Lipinski definition) is 6. The van der Waals surface area contributed by atoms with Crippen LogP contribution in [0.25, 0.3) is 22.6 Å². The number of carboxylic acids is 1. The maximum Gasteiger partial charge on any atom is 0.349 e. The average Bonchev–Trinajstić information content (AvgIpc) is 2.89. The zero-order valence-electron chi connectivity index (χ0n) is 22.8. The Labute approximate surface area is 226 Å². The van der Waals surface area contributed by atoms with E-state index in [1.54, 1.807) is 12.1 Å². The van der Waals surface area contributed by atoms with E-state index in [1.807, 2.05) is 13.8 Å². The molecule has 0 fully saturated rings. The van der Waals surface area contributed by atoms with Crippen LogP contribution < -0.4 is 11.2 Å². The summed E-state index contributed by atoms with van der Waals surface area (Å²) in [4.78, 5) is 44.1. The number of fused-ring (bicyclic) bond motifs is 2. The van der Waals surface area contributed by atoms with Crippen molar-refractivity contribution in [2.75, 3.05) is 6.61 Å². The number of aliphatic carboxylic acids is 1. The fourth-order valence-corrected chi connectivity index (χ4v) is 4.13. The van der Waals surface area contributed by atoms with Crippen LogP contribution in [0.1, 0.15) is 69.4 Å². The van der Waals surface area contributed by atoms with Gasteiger partial charge in [0.2, 0.25) is 0 Å². The molecule has 0 aliphatic carbocycles. The molecule has 0 radical (unpaired) electrons. The number of aliphatic hydroxyl groups is 4. The predicted octanol–water partition coefficient (Wildman–Crippen LogP) is 1.49. The minimum atomic E-state index is -1.64. The third-order valence-electron chi connectivity index (χ3n) is 6.56. The number of nitrogens with one attached hydrogen (secondary N) is 1. The van der Waals surface area contributed by atoms with Gasteiger partial charge in [0.25, 0.3) is 5.56 Å². The van der Waals surface area contributed by atoms with Crippen molar-refractivity contribution in [2.45, 2.75) is 97.0 Å². The molecule has 0 unspecified atom stereocenters. The second kappa shape index (κ2) is 15.4. The van der Waals surface area contributed by atoms with Crippen molar-refractivity contribution in [3.8, 4) is 11.5 Å². The van der Waals surface area contributed by atoms with Crippen LogP contribution in [0.2, 0.25) is 0 Å². The van der Waals surface area contributed by atoms with E-state index in [1.165, 1.54) is 36.7 Å². The van der Waals surface area contributed by atoms with E-state index in [9.17, 15) is 29.7 Å². The number of carbonyl (C=O) groups is 1. The van der Waals surface area contributed by atoms with Gasteiger partial charge in [-0.1, -0.05) is 45.4 Å². The molecule has 216 valence electrons. The first-order chi connectivity index (χ1) is 18.5. The molecule has 0 saturated carbocycles. The number of unbranched alkanes of at least 4 members (excludes halogenated alkanes) is 6. The maximum absolute atomic E-state index is 12.2. The van der Waals surface area contributed by atoms with Crippen LogP contribution in [-0.4, -0.2) is 75.9 Å². The molecule has 2 aliphatic heterocycles. The minimum absolute atomic E-state index is 0.0516. The summed E-state index contributed by atoms with van der Waals surface area (Å²) in [5.74, 6) is -0.715. The van der Waals surface area contributed by atoms with Gasteiger partial charge in [-0.15, -0.1) is 0 Å². The largest absolute Gasteiger partial charge is 0.481 e. The molecule has 0 saturated heterocycles. The summed E-state index contributed by atoms with van der Waals surface area (Å²) >= 11 is 0. The zero-order chi connectivity index (χ0) is 29.1. The highest BCUT2D eigenvalue weighted by molar-refractivity contribution is 5.81. The summed E-state index contributed by atoms with van der Waals surface area (Å²) in [5, 5.41) is 47.1. The summed E-state index contributed by atoms with van der Waals surface area (Å²) in [5.41, 5.74) is 1.11. The van der Waals surface area contributed by atoms with E-state index < -0.39 is 42.1 Å². The Morgan fingerprint density at radius 1 is 0.949 bits per heavy atom. The van der Waals surface area contributed by atoms with Crippen LogP contribution in [0.3, 0.4) is 0 Å². The van der Waals surface area contributed by atoms with Gasteiger partial charge in [0, 0.05) is 6.42 Å². The van der Waals surface area contributed by atoms with Crippen molar-refractivity contribution in [3.63, 3.8) is 0 Å². The van der Waals surface area contributed by atoms with Crippen molar-refractivity contribution in [3.05, 3.63) is 44.1 Å². The molecule has 1 aromatic carbocycles. The van der Waals surface area contributed by atoms with Crippen LogP contribution in [0, 0.1) is 13.8 Å². The molecule has 1 aromatic rings. The van der Waals surface area contributed by atoms with Gasteiger partial charge in [0.05, 0.1) is 24.2 Å². The standard InChI is InChI=1S/C17H20N4O6.C10H20O2/c1-7-3-9-10(4-8(7)2)21(5-11(23)14(25)12(24)6-22)15-13(18-9)16(26)20-17(27)19-15;1-2-3-4-5-6-7-8-9-10(11)12/h3-4,11-12,14,22-25H,5-6H2,1-2H3,(H,20,26,27);2-9H2,1H3,(H,11,12)/t11-,12+,14-;/m0./s1. The topological polar surface area (TPSA) is 199 Å². The number of benzene rings is 1. The third kappa shape index (κ3) is 9.20. The summed E-state index contributed by atoms with van der Waals surface area (Å²) in [6, 6.07) is 3.53. The first-order valence-corrected chi connectivity index (χ1v) is 13.3. The van der Waals surface area contributed by atoms with E-state index in [0.29, 0.717) is 17.5 Å². The fourth-order valence-electron chi connectivity index (χ4n) is 4.13. The summed E-state index contributed by atoms with van der Waals surface area (Å²) in [6.45, 7) is 4.93. The lowest BCUT2D eigenvalue weighted by atomic mass is 10.1. The Bertz CT molecular complexity index is 1310. The van der Waals surface area contributed by atoms with Gasteiger partial charge in [-0.05, 0) is 43.5 Å². The van der Waals surface area contributed by atoms with Gasteiger partial charge in [0.1, 0.15) is 18.3 Å². The van der Waals surface area contributed by atoms with Gasteiger partial charge in [-0.3, -0.25) is 14.6 Å². The summed E-state index contributed by atoms with van der Waals surface area (Å²) in [7, 11) is 0. The van der Waals surface area contributed by atoms with Gasteiger partial charge in [0.15, 0.2) is 11.5 Å². The Balaban J connectivity index is 0.000000377. The molecule has 2 aliphatic rings. The zero-order valence-corrected chi connectivity index (χ0v) is 22.8. The quantitative estimate of drug-likeness (QED) is 0.134. The second-order valence-electron chi connectivity index (χ2n) is 9.76. The van der Waals surface area contributed by atoms with E-state index in [4.69, 9.17) is 10.2 Å². The summed E-state index contributed by atoms with van der Waals surface area (Å²) < 4.78 is 1.40. The van der Waals surface area contributed by atoms with Crippen molar-refractivity contribution in [1.82, 2.24) is 19.5 Å². The van der Waals surface area contributed by atoms with E-state index in [-0.39, 0.29) is 18.1 Å². The Morgan fingerprint density at radius 3 is 2.18 bits per heavy atom. The molecule has 12 nitrogen and oxygen atoms in total. The molecule has 12 heteroatoms.